The van der Waals surface area contributed by atoms with Crippen LogP contribution in [0.5, 0.6) is 11.5 Å². The number of carbonyl (C=O) groups excluding carboxylic acids is 1. The van der Waals surface area contributed by atoms with Gasteiger partial charge in [0.15, 0.2) is 17.2 Å². The molecule has 0 saturated carbocycles. The van der Waals surface area contributed by atoms with Crippen molar-refractivity contribution < 1.29 is 19.0 Å². The highest BCUT2D eigenvalue weighted by Gasteiger charge is 2.24. The first kappa shape index (κ1) is 23.8. The molecule has 0 radical (unpaired) electrons. The Bertz CT molecular complexity index is 1260. The van der Waals surface area contributed by atoms with Gasteiger partial charge in [0.2, 0.25) is 5.90 Å². The maximum atomic E-state index is 12.4. The van der Waals surface area contributed by atoms with E-state index in [2.05, 4.69) is 43.5 Å². The van der Waals surface area contributed by atoms with Crippen LogP contribution in [0.3, 0.4) is 0 Å². The number of cyclic esters (lactones) is 1. The van der Waals surface area contributed by atoms with Gasteiger partial charge in [-0.05, 0) is 95.2 Å². The van der Waals surface area contributed by atoms with E-state index in [9.17, 15) is 4.79 Å². The molecule has 0 atom stereocenters. The second-order valence-electron chi connectivity index (χ2n) is 7.02. The molecule has 0 N–H and O–H groups in total. The number of nitrogens with zero attached hydrogens (tertiary/aromatic N) is 1. The second kappa shape index (κ2) is 10.7. The van der Waals surface area contributed by atoms with E-state index in [0.717, 1.165) is 19.2 Å². The van der Waals surface area contributed by atoms with Crippen LogP contribution in [0.25, 0.3) is 6.08 Å². The van der Waals surface area contributed by atoms with Crippen molar-refractivity contribution in [3.63, 3.8) is 0 Å². The van der Waals surface area contributed by atoms with Crippen LogP contribution in [0.2, 0.25) is 5.02 Å². The lowest BCUT2D eigenvalue weighted by atomic mass is 10.1. The van der Waals surface area contributed by atoms with E-state index < -0.39 is 5.97 Å². The molecule has 0 aliphatic carbocycles. The molecule has 0 amide bonds. The van der Waals surface area contributed by atoms with E-state index in [1.165, 1.54) is 0 Å². The summed E-state index contributed by atoms with van der Waals surface area (Å²) in [6, 6.07) is 18.9. The van der Waals surface area contributed by atoms with Crippen molar-refractivity contribution in [2.75, 3.05) is 6.61 Å². The topological polar surface area (TPSA) is 57.1 Å². The maximum absolute atomic E-state index is 12.4. The molecule has 0 saturated heterocycles. The van der Waals surface area contributed by atoms with Gasteiger partial charge in [0.1, 0.15) is 6.61 Å². The van der Waals surface area contributed by atoms with Crippen molar-refractivity contribution in [2.24, 2.45) is 4.99 Å². The second-order valence-corrected chi connectivity index (χ2v) is 9.59. The highest BCUT2D eigenvalue weighted by Crippen LogP contribution is 2.38. The first-order chi connectivity index (χ1) is 15.9. The molecule has 168 valence electrons. The van der Waals surface area contributed by atoms with E-state index in [0.29, 0.717) is 35.3 Å². The minimum Gasteiger partial charge on any atom is -0.490 e. The third-order valence-electron chi connectivity index (χ3n) is 4.62. The molecule has 1 aliphatic rings. The van der Waals surface area contributed by atoms with Crippen LogP contribution in [0.4, 0.5) is 0 Å². The number of carbonyl (C=O) groups is 1. The van der Waals surface area contributed by atoms with Crippen molar-refractivity contribution >= 4 is 68.1 Å². The van der Waals surface area contributed by atoms with Gasteiger partial charge in [-0.1, -0.05) is 39.7 Å². The zero-order chi connectivity index (χ0) is 23.4. The molecular weight excluding hydrogens is 621 g/mol. The van der Waals surface area contributed by atoms with E-state index in [-0.39, 0.29) is 11.6 Å². The van der Waals surface area contributed by atoms with E-state index in [1.54, 1.807) is 18.2 Å². The fourth-order valence-corrected chi connectivity index (χ4v) is 4.22. The molecule has 3 aromatic rings. The molecule has 1 aliphatic heterocycles. The minimum absolute atomic E-state index is 0.185. The van der Waals surface area contributed by atoms with E-state index in [1.807, 2.05) is 55.5 Å². The van der Waals surface area contributed by atoms with Crippen molar-refractivity contribution in [3.8, 4) is 11.5 Å². The van der Waals surface area contributed by atoms with Gasteiger partial charge in [-0.2, -0.15) is 0 Å². The number of esters is 1. The van der Waals surface area contributed by atoms with Crippen LogP contribution in [0.1, 0.15) is 23.6 Å². The van der Waals surface area contributed by atoms with Crippen molar-refractivity contribution in [1.29, 1.82) is 0 Å². The molecule has 4 rings (SSSR count). The number of halogens is 3. The fraction of sp³-hybridized carbons (Fsp3) is 0.120. The summed E-state index contributed by atoms with van der Waals surface area (Å²) in [6.45, 7) is 2.64. The lowest BCUT2D eigenvalue weighted by Crippen LogP contribution is -2.05. The van der Waals surface area contributed by atoms with Gasteiger partial charge in [0.05, 0.1) is 11.6 Å². The first-order valence-electron chi connectivity index (χ1n) is 10.0. The summed E-state index contributed by atoms with van der Waals surface area (Å²) < 4.78 is 19.1. The molecule has 0 fully saturated rings. The van der Waals surface area contributed by atoms with Crippen LogP contribution in [-0.2, 0) is 16.1 Å². The Balaban J connectivity index is 1.61. The van der Waals surface area contributed by atoms with Crippen LogP contribution in [0.15, 0.2) is 75.8 Å². The number of ether oxygens (including phenoxy) is 3. The Kier molecular flexibility index (Phi) is 7.72. The van der Waals surface area contributed by atoms with E-state index in [4.69, 9.17) is 25.8 Å². The maximum Gasteiger partial charge on any atom is 0.363 e. The zero-order valence-corrected chi connectivity index (χ0v) is 22.0. The van der Waals surface area contributed by atoms with Gasteiger partial charge in [0.25, 0.3) is 0 Å². The average Bonchev–Trinajstić information content (AvgIpc) is 3.14. The third-order valence-corrected chi connectivity index (χ3v) is 6.11. The van der Waals surface area contributed by atoms with Crippen LogP contribution >= 0.6 is 50.1 Å². The van der Waals surface area contributed by atoms with Gasteiger partial charge in [-0.15, -0.1) is 0 Å². The van der Waals surface area contributed by atoms with Crippen LogP contribution in [0, 0.1) is 3.57 Å². The summed E-state index contributed by atoms with van der Waals surface area (Å²) in [5, 5.41) is 0.371. The normalized spacial score (nSPS) is 14.2. The number of hydrogen-bond acceptors (Lipinski definition) is 5. The Morgan fingerprint density at radius 1 is 1.12 bits per heavy atom. The van der Waals surface area contributed by atoms with Gasteiger partial charge in [-0.3, -0.25) is 0 Å². The van der Waals surface area contributed by atoms with Crippen molar-refractivity contribution in [3.05, 3.63) is 96.1 Å². The van der Waals surface area contributed by atoms with Gasteiger partial charge in [-0.25, -0.2) is 9.79 Å². The quantitative estimate of drug-likeness (QED) is 0.159. The highest BCUT2D eigenvalue weighted by atomic mass is 127. The smallest absolute Gasteiger partial charge is 0.363 e. The lowest BCUT2D eigenvalue weighted by molar-refractivity contribution is -0.129. The van der Waals surface area contributed by atoms with Gasteiger partial charge < -0.3 is 14.2 Å². The third kappa shape index (κ3) is 5.96. The Hall–Kier alpha value is -2.36. The largest absolute Gasteiger partial charge is 0.490 e. The molecule has 0 bridgehead atoms. The average molecular weight is 639 g/mol. The Morgan fingerprint density at radius 3 is 2.64 bits per heavy atom. The van der Waals surface area contributed by atoms with Crippen molar-refractivity contribution in [2.45, 2.75) is 13.5 Å². The van der Waals surface area contributed by atoms with Gasteiger partial charge >= 0.3 is 5.97 Å². The SMILES string of the molecule is CCOc1cc(/C=C2\N=C(c3ccc(I)cc3)OC2=O)cc(Cl)c1OCc1cccc(Br)c1. The fourth-order valence-electron chi connectivity index (χ4n) is 3.14. The Morgan fingerprint density at radius 2 is 1.91 bits per heavy atom. The predicted molar refractivity (Wildman–Crippen MR) is 141 cm³/mol. The molecule has 1 heterocycles. The standard InChI is InChI=1S/C25H18BrClINO4/c1-2-31-22-13-16(11-20(27)23(22)32-14-15-4-3-5-18(26)10-15)12-21-25(30)33-24(29-21)17-6-8-19(28)9-7-17/h3-13H,2,14H2,1H3/b21-12-. The summed E-state index contributed by atoms with van der Waals surface area (Å²) in [4.78, 5) is 16.7. The first-order valence-corrected chi connectivity index (χ1v) is 12.3. The predicted octanol–water partition coefficient (Wildman–Crippen LogP) is 7.03. The number of benzene rings is 3. The lowest BCUT2D eigenvalue weighted by Gasteiger charge is -2.14. The molecular formula is C25H18BrClINO4. The van der Waals surface area contributed by atoms with Crippen LogP contribution in [-0.4, -0.2) is 18.5 Å². The molecule has 0 unspecified atom stereocenters. The molecule has 0 spiro atoms. The monoisotopic (exact) mass is 637 g/mol. The molecule has 3 aromatic carbocycles. The number of hydrogen-bond donors (Lipinski definition) is 0. The number of aliphatic imine (C=N–C) groups is 1. The van der Waals surface area contributed by atoms with Crippen molar-refractivity contribution in [1.82, 2.24) is 0 Å². The molecule has 33 heavy (non-hydrogen) atoms. The summed E-state index contributed by atoms with van der Waals surface area (Å²) in [5.74, 6) is 0.679. The highest BCUT2D eigenvalue weighted by molar-refractivity contribution is 14.1. The Labute approximate surface area is 218 Å². The van der Waals surface area contributed by atoms with Crippen LogP contribution < -0.4 is 9.47 Å². The zero-order valence-electron chi connectivity index (χ0n) is 17.5. The summed E-state index contributed by atoms with van der Waals surface area (Å²) in [6.07, 6.45) is 1.62. The summed E-state index contributed by atoms with van der Waals surface area (Å²) in [5.41, 5.74) is 2.56. The van der Waals surface area contributed by atoms with Gasteiger partial charge in [0, 0.05) is 13.6 Å². The minimum atomic E-state index is -0.521. The summed E-state index contributed by atoms with van der Waals surface area (Å²) in [7, 11) is 0. The van der Waals surface area contributed by atoms with E-state index >= 15 is 0 Å². The molecule has 0 aromatic heterocycles. The number of rotatable bonds is 7. The molecule has 8 heteroatoms. The molecule has 5 nitrogen and oxygen atoms in total. The summed E-state index contributed by atoms with van der Waals surface area (Å²) >= 11 is 12.2.